The number of amides is 2. The Hall–Kier alpha value is -3.41. The zero-order valence-corrected chi connectivity index (χ0v) is 14.6. The van der Waals surface area contributed by atoms with Crippen molar-refractivity contribution in [2.45, 2.75) is 13.5 Å². The van der Waals surface area contributed by atoms with E-state index in [9.17, 15) is 9.59 Å². The minimum absolute atomic E-state index is 0.145. The van der Waals surface area contributed by atoms with Gasteiger partial charge in [0, 0.05) is 24.7 Å². The van der Waals surface area contributed by atoms with Crippen LogP contribution in [0.4, 0.5) is 0 Å². The number of carbonyl (C=O) groups is 2. The van der Waals surface area contributed by atoms with E-state index in [1.165, 1.54) is 0 Å². The average Bonchev–Trinajstić information content (AvgIpc) is 3.08. The molecule has 26 heavy (non-hydrogen) atoms. The molecule has 1 aromatic heterocycles. The predicted molar refractivity (Wildman–Crippen MR) is 97.7 cm³/mol. The Morgan fingerprint density at radius 2 is 1.69 bits per heavy atom. The van der Waals surface area contributed by atoms with E-state index in [0.717, 1.165) is 11.1 Å². The molecule has 0 radical (unpaired) electrons. The number of benzene rings is 2. The van der Waals surface area contributed by atoms with Gasteiger partial charge in [-0.1, -0.05) is 47.6 Å². The zero-order chi connectivity index (χ0) is 18.5. The molecule has 0 saturated heterocycles. The lowest BCUT2D eigenvalue weighted by Crippen LogP contribution is -2.24. The molecule has 0 atom stereocenters. The Labute approximate surface area is 151 Å². The molecule has 3 aromatic rings. The number of hydrogen-bond donors (Lipinski definition) is 2. The Morgan fingerprint density at radius 1 is 1.00 bits per heavy atom. The number of aryl methyl sites for hydroxylation is 1. The van der Waals surface area contributed by atoms with Crippen molar-refractivity contribution in [3.05, 3.63) is 77.0 Å². The molecule has 6 heteroatoms. The van der Waals surface area contributed by atoms with Crippen molar-refractivity contribution in [1.82, 2.24) is 15.8 Å². The van der Waals surface area contributed by atoms with Crippen molar-refractivity contribution >= 4 is 11.8 Å². The van der Waals surface area contributed by atoms with Crippen LogP contribution in [0.2, 0.25) is 0 Å². The van der Waals surface area contributed by atoms with Crippen molar-refractivity contribution in [3.63, 3.8) is 0 Å². The molecule has 3 rings (SSSR count). The summed E-state index contributed by atoms with van der Waals surface area (Å²) in [5.41, 5.74) is 3.24. The molecular weight excluding hydrogens is 330 g/mol. The highest BCUT2D eigenvalue weighted by Gasteiger charge is 2.21. The summed E-state index contributed by atoms with van der Waals surface area (Å²) in [5, 5.41) is 9.47. The van der Waals surface area contributed by atoms with Crippen LogP contribution in [0.25, 0.3) is 11.3 Å². The SMILES string of the molecule is CNC(=O)c1ccc(CNC(=O)c2c(-c3ccccc3)noc2C)cc1. The molecule has 2 N–H and O–H groups in total. The summed E-state index contributed by atoms with van der Waals surface area (Å²) >= 11 is 0. The largest absolute Gasteiger partial charge is 0.360 e. The van der Waals surface area contributed by atoms with Gasteiger partial charge in [0.1, 0.15) is 17.0 Å². The average molecular weight is 349 g/mol. The van der Waals surface area contributed by atoms with Gasteiger partial charge in [-0.25, -0.2) is 0 Å². The Balaban J connectivity index is 1.73. The van der Waals surface area contributed by atoms with Crippen molar-refractivity contribution in [3.8, 4) is 11.3 Å². The molecule has 132 valence electrons. The second-order valence-corrected chi connectivity index (χ2v) is 5.79. The molecule has 1 heterocycles. The number of rotatable bonds is 5. The fourth-order valence-corrected chi connectivity index (χ4v) is 2.62. The van der Waals surface area contributed by atoms with Crippen LogP contribution in [0.3, 0.4) is 0 Å². The first-order valence-corrected chi connectivity index (χ1v) is 8.21. The Kier molecular flexibility index (Phi) is 5.12. The van der Waals surface area contributed by atoms with E-state index in [2.05, 4.69) is 15.8 Å². The van der Waals surface area contributed by atoms with Gasteiger partial charge < -0.3 is 15.2 Å². The maximum absolute atomic E-state index is 12.6. The van der Waals surface area contributed by atoms with E-state index in [4.69, 9.17) is 4.52 Å². The second-order valence-electron chi connectivity index (χ2n) is 5.79. The van der Waals surface area contributed by atoms with Crippen molar-refractivity contribution in [2.75, 3.05) is 7.05 Å². The first-order valence-electron chi connectivity index (χ1n) is 8.21. The summed E-state index contributed by atoms with van der Waals surface area (Å²) in [6, 6.07) is 16.5. The molecule has 2 aromatic carbocycles. The normalized spacial score (nSPS) is 10.4. The monoisotopic (exact) mass is 349 g/mol. The second kappa shape index (κ2) is 7.65. The smallest absolute Gasteiger partial charge is 0.257 e. The van der Waals surface area contributed by atoms with Gasteiger partial charge in [-0.15, -0.1) is 0 Å². The molecular formula is C20H19N3O3. The molecule has 0 aliphatic rings. The van der Waals surface area contributed by atoms with E-state index >= 15 is 0 Å². The maximum Gasteiger partial charge on any atom is 0.257 e. The highest BCUT2D eigenvalue weighted by Crippen LogP contribution is 2.24. The quantitative estimate of drug-likeness (QED) is 0.742. The minimum atomic E-state index is -0.252. The fourth-order valence-electron chi connectivity index (χ4n) is 2.62. The van der Waals surface area contributed by atoms with Crippen LogP contribution in [0, 0.1) is 6.92 Å². The summed E-state index contributed by atoms with van der Waals surface area (Å²) in [6.45, 7) is 2.05. The molecule has 0 aliphatic heterocycles. The molecule has 0 fully saturated rings. The van der Waals surface area contributed by atoms with Crippen LogP contribution >= 0.6 is 0 Å². The van der Waals surface area contributed by atoms with Gasteiger partial charge >= 0.3 is 0 Å². The number of nitrogens with zero attached hydrogens (tertiary/aromatic N) is 1. The van der Waals surface area contributed by atoms with E-state index in [0.29, 0.717) is 29.1 Å². The fraction of sp³-hybridized carbons (Fsp3) is 0.150. The van der Waals surface area contributed by atoms with Crippen molar-refractivity contribution in [1.29, 1.82) is 0 Å². The van der Waals surface area contributed by atoms with Crippen LogP contribution in [0.1, 0.15) is 32.0 Å². The lowest BCUT2D eigenvalue weighted by molar-refractivity contribution is 0.0945. The van der Waals surface area contributed by atoms with Gasteiger partial charge in [-0.2, -0.15) is 0 Å². The summed E-state index contributed by atoms with van der Waals surface area (Å²) in [7, 11) is 1.59. The highest BCUT2D eigenvalue weighted by molar-refractivity contribution is 6.00. The van der Waals surface area contributed by atoms with E-state index in [-0.39, 0.29) is 11.8 Å². The summed E-state index contributed by atoms with van der Waals surface area (Å²) in [4.78, 5) is 24.2. The predicted octanol–water partition coefficient (Wildman–Crippen LogP) is 2.94. The molecule has 6 nitrogen and oxygen atoms in total. The summed E-state index contributed by atoms with van der Waals surface area (Å²) in [5.74, 6) is 0.0717. The molecule has 0 spiro atoms. The zero-order valence-electron chi connectivity index (χ0n) is 14.6. The third-order valence-corrected chi connectivity index (χ3v) is 4.03. The van der Waals surface area contributed by atoms with Gasteiger partial charge in [-0.05, 0) is 24.6 Å². The summed E-state index contributed by atoms with van der Waals surface area (Å²) < 4.78 is 5.22. The van der Waals surface area contributed by atoms with Crippen LogP contribution in [0.5, 0.6) is 0 Å². The van der Waals surface area contributed by atoms with Crippen LogP contribution in [-0.2, 0) is 6.54 Å². The van der Waals surface area contributed by atoms with E-state index in [1.807, 2.05) is 42.5 Å². The van der Waals surface area contributed by atoms with Gasteiger partial charge in [0.15, 0.2) is 0 Å². The summed E-state index contributed by atoms with van der Waals surface area (Å²) in [6.07, 6.45) is 0. The van der Waals surface area contributed by atoms with Gasteiger partial charge in [0.2, 0.25) is 0 Å². The lowest BCUT2D eigenvalue weighted by Gasteiger charge is -2.07. The van der Waals surface area contributed by atoms with E-state index < -0.39 is 0 Å². The van der Waals surface area contributed by atoms with E-state index in [1.54, 1.807) is 26.1 Å². The first kappa shape index (κ1) is 17.4. The molecule has 0 bridgehead atoms. The first-order chi connectivity index (χ1) is 12.6. The topological polar surface area (TPSA) is 84.2 Å². The molecule has 0 saturated carbocycles. The number of nitrogens with one attached hydrogen (secondary N) is 2. The van der Waals surface area contributed by atoms with Crippen LogP contribution in [0.15, 0.2) is 59.1 Å². The molecule has 0 aliphatic carbocycles. The Morgan fingerprint density at radius 3 is 2.35 bits per heavy atom. The van der Waals surface area contributed by atoms with Crippen LogP contribution < -0.4 is 10.6 Å². The number of carbonyl (C=O) groups excluding carboxylic acids is 2. The number of aromatic nitrogens is 1. The Bertz CT molecular complexity index is 915. The van der Waals surface area contributed by atoms with Gasteiger partial charge in [0.25, 0.3) is 11.8 Å². The van der Waals surface area contributed by atoms with Crippen molar-refractivity contribution in [2.24, 2.45) is 0 Å². The number of hydrogen-bond acceptors (Lipinski definition) is 4. The maximum atomic E-state index is 12.6. The van der Waals surface area contributed by atoms with Crippen LogP contribution in [-0.4, -0.2) is 24.0 Å². The van der Waals surface area contributed by atoms with Gasteiger partial charge in [-0.3, -0.25) is 9.59 Å². The lowest BCUT2D eigenvalue weighted by atomic mass is 10.1. The highest BCUT2D eigenvalue weighted by atomic mass is 16.5. The standard InChI is InChI=1S/C20H19N3O3/c1-13-17(18(23-26-13)15-6-4-3-5-7-15)20(25)22-12-14-8-10-16(11-9-14)19(24)21-2/h3-11H,12H2,1-2H3,(H,21,24)(H,22,25). The van der Waals surface area contributed by atoms with Gasteiger partial charge in [0.05, 0.1) is 0 Å². The third-order valence-electron chi connectivity index (χ3n) is 4.03. The van der Waals surface area contributed by atoms with Crippen molar-refractivity contribution < 1.29 is 14.1 Å². The third kappa shape index (κ3) is 3.64. The molecule has 0 unspecified atom stereocenters. The minimum Gasteiger partial charge on any atom is -0.360 e. The molecule has 2 amide bonds.